The summed E-state index contributed by atoms with van der Waals surface area (Å²) in [7, 11) is 0. The molecule has 2 aliphatic heterocycles. The average molecular weight is 454 g/mol. The number of hydrogen-bond donors (Lipinski definition) is 0. The molecule has 0 amide bonds. The van der Waals surface area contributed by atoms with Crippen LogP contribution in [0.5, 0.6) is 0 Å². The van der Waals surface area contributed by atoms with E-state index in [1.807, 2.05) is 18.2 Å². The van der Waals surface area contributed by atoms with Crippen LogP contribution in [0.15, 0.2) is 35.9 Å². The Balaban J connectivity index is 1.38. The number of benzene rings is 2. The van der Waals surface area contributed by atoms with Gasteiger partial charge in [-0.25, -0.2) is 0 Å². The third-order valence-electron chi connectivity index (χ3n) is 8.46. The molecule has 0 atom stereocenters. The first-order valence-corrected chi connectivity index (χ1v) is 12.5. The number of nitrogens with zero attached hydrogens (tertiary/aromatic N) is 3. The molecule has 2 aromatic rings. The van der Waals surface area contributed by atoms with Crippen molar-refractivity contribution in [2.24, 2.45) is 0 Å². The van der Waals surface area contributed by atoms with E-state index in [2.05, 4.69) is 48.8 Å². The lowest BCUT2D eigenvalue weighted by Crippen LogP contribution is -2.56. The predicted octanol–water partition coefficient (Wildman–Crippen LogP) is 4.13. The van der Waals surface area contributed by atoms with Crippen LogP contribution >= 0.6 is 0 Å². The normalized spacial score (nSPS) is 21.6. The Morgan fingerprint density at radius 1 is 1.09 bits per heavy atom. The Hall–Kier alpha value is -2.94. The Labute approximate surface area is 201 Å². The maximum Gasteiger partial charge on any atom is 0.193 e. The van der Waals surface area contributed by atoms with Crippen molar-refractivity contribution >= 4 is 17.0 Å². The van der Waals surface area contributed by atoms with E-state index >= 15 is 0 Å². The standard InChI is InChI=1S/C29H31N3O2/c1-4-19-12-23-24(14-26(19)32-9-7-31(8-10-32)21-16-34-17-21)29(2,3)25-13-20-11-18(15-30)5-6-22(20)27(25)28(23)33/h5-6,11-12,14,21H,4,7-10,13,16-17H2,1-3H3. The predicted molar refractivity (Wildman–Crippen MR) is 133 cm³/mol. The number of hydrogen-bond acceptors (Lipinski definition) is 5. The van der Waals surface area contributed by atoms with E-state index in [0.717, 1.165) is 80.1 Å². The first-order chi connectivity index (χ1) is 16.4. The Morgan fingerprint density at radius 3 is 2.50 bits per heavy atom. The molecule has 0 unspecified atom stereocenters. The number of carbonyl (C=O) groups excluding carboxylic acids is 1. The van der Waals surface area contributed by atoms with Gasteiger partial charge in [-0.1, -0.05) is 26.8 Å². The number of ether oxygens (including phenoxy) is 1. The molecule has 2 heterocycles. The van der Waals surface area contributed by atoms with Crippen molar-refractivity contribution in [1.82, 2.24) is 4.90 Å². The molecule has 0 aromatic heterocycles. The van der Waals surface area contributed by atoms with Crippen LogP contribution in [0.25, 0.3) is 5.57 Å². The minimum atomic E-state index is -0.240. The van der Waals surface area contributed by atoms with Crippen LogP contribution in [0, 0.1) is 11.3 Å². The molecular formula is C29H31N3O2. The topological polar surface area (TPSA) is 56.6 Å². The highest BCUT2D eigenvalue weighted by Gasteiger charge is 2.43. The van der Waals surface area contributed by atoms with Gasteiger partial charge in [0.05, 0.1) is 30.9 Å². The van der Waals surface area contributed by atoms with Gasteiger partial charge in [0.15, 0.2) is 5.78 Å². The zero-order valence-electron chi connectivity index (χ0n) is 20.3. The largest absolute Gasteiger partial charge is 0.378 e. The fraction of sp³-hybridized carbons (Fsp3) is 0.448. The summed E-state index contributed by atoms with van der Waals surface area (Å²) >= 11 is 0. The third-order valence-corrected chi connectivity index (χ3v) is 8.46. The van der Waals surface area contributed by atoms with Crippen molar-refractivity contribution < 1.29 is 9.53 Å². The monoisotopic (exact) mass is 453 g/mol. The van der Waals surface area contributed by atoms with Gasteiger partial charge in [-0.2, -0.15) is 5.26 Å². The van der Waals surface area contributed by atoms with Crippen molar-refractivity contribution in [2.45, 2.75) is 45.1 Å². The Bertz CT molecular complexity index is 1270. The van der Waals surface area contributed by atoms with Crippen LogP contribution in [0.1, 0.15) is 58.9 Å². The lowest BCUT2D eigenvalue weighted by Gasteiger charge is -2.44. The van der Waals surface area contributed by atoms with E-state index in [-0.39, 0.29) is 11.2 Å². The summed E-state index contributed by atoms with van der Waals surface area (Å²) in [5, 5.41) is 9.36. The van der Waals surface area contributed by atoms with Crippen molar-refractivity contribution in [3.05, 3.63) is 69.3 Å². The number of Topliss-reactive ketones (excluding diaryl/α,β-unsaturated/α-hetero) is 1. The molecule has 6 rings (SSSR count). The maximum atomic E-state index is 13.9. The van der Waals surface area contributed by atoms with Gasteiger partial charge in [-0.05, 0) is 64.9 Å². The molecule has 0 spiro atoms. The number of carbonyl (C=O) groups is 1. The number of rotatable bonds is 3. The van der Waals surface area contributed by atoms with Crippen LogP contribution in [0.3, 0.4) is 0 Å². The Kier molecular flexibility index (Phi) is 4.95. The van der Waals surface area contributed by atoms with Crippen molar-refractivity contribution in [2.75, 3.05) is 44.3 Å². The number of fused-ring (bicyclic) bond motifs is 3. The highest BCUT2D eigenvalue weighted by Crippen LogP contribution is 2.51. The summed E-state index contributed by atoms with van der Waals surface area (Å²) in [6.07, 6.45) is 1.65. The van der Waals surface area contributed by atoms with E-state index in [1.54, 1.807) is 0 Å². The highest BCUT2D eigenvalue weighted by molar-refractivity contribution is 6.33. The lowest BCUT2D eigenvalue weighted by atomic mass is 9.68. The molecule has 0 radical (unpaired) electrons. The number of aryl methyl sites for hydroxylation is 1. The molecular weight excluding hydrogens is 422 g/mol. The summed E-state index contributed by atoms with van der Waals surface area (Å²) in [5.41, 5.74) is 9.13. The zero-order valence-corrected chi connectivity index (χ0v) is 20.3. The first kappa shape index (κ1) is 21.6. The van der Waals surface area contributed by atoms with Crippen molar-refractivity contribution in [3.63, 3.8) is 0 Å². The van der Waals surface area contributed by atoms with Crippen LogP contribution in [-0.4, -0.2) is 56.1 Å². The fourth-order valence-electron chi connectivity index (χ4n) is 6.26. The average Bonchev–Trinajstić information content (AvgIpc) is 3.21. The Morgan fingerprint density at radius 2 is 1.85 bits per heavy atom. The van der Waals surface area contributed by atoms with Gasteiger partial charge in [0, 0.05) is 48.4 Å². The SMILES string of the molecule is CCc1cc2c(cc1N1CCN(C3COC3)CC1)C(C)(C)C1=C(C2=O)c2ccc(C#N)cc2C1. The molecule has 0 bridgehead atoms. The minimum Gasteiger partial charge on any atom is -0.378 e. The van der Waals surface area contributed by atoms with Crippen LogP contribution in [0.2, 0.25) is 0 Å². The summed E-state index contributed by atoms with van der Waals surface area (Å²) in [4.78, 5) is 18.9. The molecule has 5 heteroatoms. The minimum absolute atomic E-state index is 0.142. The second-order valence-electron chi connectivity index (χ2n) is 10.6. The molecule has 2 fully saturated rings. The molecule has 2 aromatic carbocycles. The number of nitriles is 1. The van der Waals surface area contributed by atoms with E-state index in [1.165, 1.54) is 16.8 Å². The van der Waals surface area contributed by atoms with Crippen LogP contribution < -0.4 is 4.90 Å². The number of anilines is 1. The summed E-state index contributed by atoms with van der Waals surface area (Å²) in [6, 6.07) is 13.1. The van der Waals surface area contributed by atoms with Gasteiger partial charge < -0.3 is 9.64 Å². The first-order valence-electron chi connectivity index (χ1n) is 12.5. The van der Waals surface area contributed by atoms with Gasteiger partial charge in [0.2, 0.25) is 0 Å². The fourth-order valence-corrected chi connectivity index (χ4v) is 6.26. The van der Waals surface area contributed by atoms with Crippen LogP contribution in [0.4, 0.5) is 5.69 Å². The molecule has 5 nitrogen and oxygen atoms in total. The van der Waals surface area contributed by atoms with E-state index in [9.17, 15) is 10.1 Å². The van der Waals surface area contributed by atoms with E-state index < -0.39 is 0 Å². The molecule has 0 saturated carbocycles. The third kappa shape index (κ3) is 3.09. The van der Waals surface area contributed by atoms with Gasteiger partial charge in [-0.15, -0.1) is 0 Å². The quantitative estimate of drug-likeness (QED) is 0.700. The number of allylic oxidation sites excluding steroid dienone is 2. The smallest absolute Gasteiger partial charge is 0.193 e. The number of ketones is 1. The lowest BCUT2D eigenvalue weighted by molar-refractivity contribution is -0.0660. The van der Waals surface area contributed by atoms with Gasteiger partial charge >= 0.3 is 0 Å². The van der Waals surface area contributed by atoms with Gasteiger partial charge in [-0.3, -0.25) is 9.69 Å². The molecule has 34 heavy (non-hydrogen) atoms. The summed E-state index contributed by atoms with van der Waals surface area (Å²) in [6.45, 7) is 12.6. The highest BCUT2D eigenvalue weighted by atomic mass is 16.5. The number of piperazine rings is 1. The molecule has 174 valence electrons. The van der Waals surface area contributed by atoms with E-state index in [0.29, 0.717) is 11.6 Å². The molecule has 2 aliphatic carbocycles. The van der Waals surface area contributed by atoms with Crippen molar-refractivity contribution in [1.29, 1.82) is 5.26 Å². The summed E-state index contributed by atoms with van der Waals surface area (Å²) in [5.74, 6) is 0.142. The molecule has 4 aliphatic rings. The van der Waals surface area contributed by atoms with E-state index in [4.69, 9.17) is 4.74 Å². The second kappa shape index (κ2) is 7.80. The van der Waals surface area contributed by atoms with Gasteiger partial charge in [0.25, 0.3) is 0 Å². The maximum absolute atomic E-state index is 13.9. The molecule has 0 N–H and O–H groups in total. The summed E-state index contributed by atoms with van der Waals surface area (Å²) < 4.78 is 5.39. The van der Waals surface area contributed by atoms with Gasteiger partial charge in [0.1, 0.15) is 0 Å². The van der Waals surface area contributed by atoms with Crippen molar-refractivity contribution in [3.8, 4) is 6.07 Å². The van der Waals surface area contributed by atoms with Crippen LogP contribution in [-0.2, 0) is 23.0 Å². The zero-order chi connectivity index (χ0) is 23.6. The molecule has 2 saturated heterocycles. The second-order valence-corrected chi connectivity index (χ2v) is 10.6.